The van der Waals surface area contributed by atoms with Crippen molar-refractivity contribution in [2.45, 2.75) is 149 Å². The molecule has 0 bridgehead atoms. The summed E-state index contributed by atoms with van der Waals surface area (Å²) in [7, 11) is 0. The normalized spacial score (nSPS) is 12.1. The Labute approximate surface area is 240 Å². The first-order chi connectivity index (χ1) is 19.2. The van der Waals surface area contributed by atoms with Crippen LogP contribution < -0.4 is 4.74 Å². The van der Waals surface area contributed by atoms with Gasteiger partial charge in [0.2, 0.25) is 0 Å². The first-order valence-corrected chi connectivity index (χ1v) is 16.4. The van der Waals surface area contributed by atoms with Crippen LogP contribution in [-0.2, 0) is 11.2 Å². The lowest BCUT2D eigenvalue weighted by Gasteiger charge is -2.13. The van der Waals surface area contributed by atoms with E-state index in [-0.39, 0.29) is 0 Å². The minimum Gasteiger partial charge on any atom is -0.494 e. The fourth-order valence-corrected chi connectivity index (χ4v) is 4.95. The number of hydrogen-bond acceptors (Lipinski definition) is 4. The second-order valence-electron chi connectivity index (χ2n) is 11.3. The second-order valence-corrected chi connectivity index (χ2v) is 11.3. The van der Waals surface area contributed by atoms with Gasteiger partial charge < -0.3 is 9.47 Å². The summed E-state index contributed by atoms with van der Waals surface area (Å²) in [5, 5.41) is 0. The van der Waals surface area contributed by atoms with Gasteiger partial charge in [-0.25, -0.2) is 9.97 Å². The SMILES string of the molecule is CCCCCCCCCCc1cnc(-c2ccc(OCCCCCC(C)OCCCCCCCC)cc2)nc1. The number of aryl methyl sites for hydroxylation is 1. The van der Waals surface area contributed by atoms with Crippen molar-refractivity contribution in [1.82, 2.24) is 9.97 Å². The molecule has 0 N–H and O–H groups in total. The Bertz CT molecular complexity index is 806. The molecule has 4 nitrogen and oxygen atoms in total. The summed E-state index contributed by atoms with van der Waals surface area (Å²) in [5.41, 5.74) is 2.28. The fourth-order valence-electron chi connectivity index (χ4n) is 4.95. The van der Waals surface area contributed by atoms with Gasteiger partial charge in [-0.1, -0.05) is 97.3 Å². The number of benzene rings is 1. The Kier molecular flexibility index (Phi) is 19.5. The Hall–Kier alpha value is -1.94. The maximum atomic E-state index is 5.98. The van der Waals surface area contributed by atoms with Crippen molar-refractivity contribution < 1.29 is 9.47 Å². The minimum atomic E-state index is 0.371. The molecule has 1 atom stereocenters. The Morgan fingerprint density at radius 1 is 0.615 bits per heavy atom. The lowest BCUT2D eigenvalue weighted by Crippen LogP contribution is -2.09. The van der Waals surface area contributed by atoms with Crippen LogP contribution in [0.5, 0.6) is 5.75 Å². The first-order valence-electron chi connectivity index (χ1n) is 16.4. The summed E-state index contributed by atoms with van der Waals surface area (Å²) in [6.45, 7) is 8.43. The van der Waals surface area contributed by atoms with E-state index in [4.69, 9.17) is 9.47 Å². The maximum Gasteiger partial charge on any atom is 0.159 e. The molecule has 0 saturated carbocycles. The molecule has 0 aliphatic heterocycles. The lowest BCUT2D eigenvalue weighted by atomic mass is 10.1. The van der Waals surface area contributed by atoms with Crippen molar-refractivity contribution in [3.63, 3.8) is 0 Å². The molecule has 2 rings (SSSR count). The van der Waals surface area contributed by atoms with Crippen molar-refractivity contribution >= 4 is 0 Å². The monoisotopic (exact) mass is 538 g/mol. The average Bonchev–Trinajstić information content (AvgIpc) is 2.96. The van der Waals surface area contributed by atoms with Crippen LogP contribution in [0.25, 0.3) is 11.4 Å². The predicted molar refractivity (Wildman–Crippen MR) is 167 cm³/mol. The zero-order valence-corrected chi connectivity index (χ0v) is 25.6. The van der Waals surface area contributed by atoms with Crippen molar-refractivity contribution in [1.29, 1.82) is 0 Å². The van der Waals surface area contributed by atoms with E-state index < -0.39 is 0 Å². The third-order valence-corrected chi connectivity index (χ3v) is 7.56. The average molecular weight is 539 g/mol. The highest BCUT2D eigenvalue weighted by molar-refractivity contribution is 5.55. The van der Waals surface area contributed by atoms with E-state index in [1.165, 1.54) is 108 Å². The molecular formula is C35H58N2O2. The van der Waals surface area contributed by atoms with Crippen LogP contribution in [0.3, 0.4) is 0 Å². The lowest BCUT2D eigenvalue weighted by molar-refractivity contribution is 0.0555. The number of hydrogen-bond donors (Lipinski definition) is 0. The van der Waals surface area contributed by atoms with Crippen LogP contribution in [0.1, 0.15) is 142 Å². The number of nitrogens with zero attached hydrogens (tertiary/aromatic N) is 2. The maximum absolute atomic E-state index is 5.98. The topological polar surface area (TPSA) is 44.2 Å². The molecule has 0 saturated heterocycles. The van der Waals surface area contributed by atoms with Gasteiger partial charge in [-0.05, 0) is 75.3 Å². The molecule has 0 aliphatic rings. The summed E-state index contributed by atoms with van der Waals surface area (Å²) in [6, 6.07) is 8.19. The van der Waals surface area contributed by atoms with Gasteiger partial charge in [0.05, 0.1) is 12.7 Å². The van der Waals surface area contributed by atoms with E-state index in [1.807, 2.05) is 24.5 Å². The molecule has 0 spiro atoms. The van der Waals surface area contributed by atoms with Gasteiger partial charge in [0, 0.05) is 24.6 Å². The third-order valence-electron chi connectivity index (χ3n) is 7.56. The fraction of sp³-hybridized carbons (Fsp3) is 0.714. The van der Waals surface area contributed by atoms with Gasteiger partial charge in [0.25, 0.3) is 0 Å². The standard InChI is InChI=1S/C35H58N2O2/c1-4-6-8-10-12-13-14-18-22-32-29-36-35(37-30-32)33-23-25-34(26-24-33)39-28-20-16-17-21-31(3)38-27-19-15-11-9-7-5-2/h23-26,29-31H,4-22,27-28H2,1-3H3. The smallest absolute Gasteiger partial charge is 0.159 e. The van der Waals surface area contributed by atoms with Crippen LogP contribution >= 0.6 is 0 Å². The van der Waals surface area contributed by atoms with Gasteiger partial charge in [-0.15, -0.1) is 0 Å². The minimum absolute atomic E-state index is 0.371. The molecular weight excluding hydrogens is 480 g/mol. The molecule has 2 aromatic rings. The van der Waals surface area contributed by atoms with Crippen LogP contribution in [0.4, 0.5) is 0 Å². The molecule has 39 heavy (non-hydrogen) atoms. The van der Waals surface area contributed by atoms with Gasteiger partial charge in [-0.2, -0.15) is 0 Å². The van der Waals surface area contributed by atoms with E-state index in [1.54, 1.807) is 0 Å². The Morgan fingerprint density at radius 2 is 1.15 bits per heavy atom. The summed E-state index contributed by atoms with van der Waals surface area (Å²) in [4.78, 5) is 9.23. The molecule has 1 aromatic heterocycles. The third kappa shape index (κ3) is 16.7. The molecule has 1 heterocycles. The summed E-state index contributed by atoms with van der Waals surface area (Å²) >= 11 is 0. The van der Waals surface area contributed by atoms with Crippen LogP contribution in [0.15, 0.2) is 36.7 Å². The second kappa shape index (κ2) is 22.8. The zero-order chi connectivity index (χ0) is 27.8. The van der Waals surface area contributed by atoms with E-state index in [0.29, 0.717) is 6.10 Å². The number of aromatic nitrogens is 2. The summed E-state index contributed by atoms with van der Waals surface area (Å²) in [5.74, 6) is 1.70. The first kappa shape index (κ1) is 33.3. The Balaban J connectivity index is 1.51. The summed E-state index contributed by atoms with van der Waals surface area (Å²) < 4.78 is 11.9. The molecule has 1 unspecified atom stereocenters. The molecule has 0 radical (unpaired) electrons. The zero-order valence-electron chi connectivity index (χ0n) is 25.6. The van der Waals surface area contributed by atoms with Gasteiger partial charge in [0.1, 0.15) is 5.75 Å². The number of ether oxygens (including phenoxy) is 2. The number of unbranched alkanes of at least 4 members (excludes halogenated alkanes) is 14. The highest BCUT2D eigenvalue weighted by Gasteiger charge is 2.05. The van der Waals surface area contributed by atoms with Gasteiger partial charge >= 0.3 is 0 Å². The summed E-state index contributed by atoms with van der Waals surface area (Å²) in [6.07, 6.45) is 28.7. The van der Waals surface area contributed by atoms with Crippen LogP contribution in [0.2, 0.25) is 0 Å². The van der Waals surface area contributed by atoms with Crippen molar-refractivity contribution in [3.8, 4) is 17.1 Å². The molecule has 220 valence electrons. The van der Waals surface area contributed by atoms with E-state index >= 15 is 0 Å². The van der Waals surface area contributed by atoms with Crippen LogP contribution in [-0.4, -0.2) is 29.3 Å². The van der Waals surface area contributed by atoms with E-state index in [0.717, 1.165) is 49.6 Å². The Morgan fingerprint density at radius 3 is 1.79 bits per heavy atom. The molecule has 4 heteroatoms. The highest BCUT2D eigenvalue weighted by atomic mass is 16.5. The van der Waals surface area contributed by atoms with E-state index in [9.17, 15) is 0 Å². The van der Waals surface area contributed by atoms with Crippen molar-refractivity contribution in [3.05, 3.63) is 42.2 Å². The largest absolute Gasteiger partial charge is 0.494 e. The quantitative estimate of drug-likeness (QED) is 0.118. The number of rotatable bonds is 25. The predicted octanol–water partition coefficient (Wildman–Crippen LogP) is 10.5. The van der Waals surface area contributed by atoms with Crippen LogP contribution in [0, 0.1) is 0 Å². The molecule has 0 fully saturated rings. The highest BCUT2D eigenvalue weighted by Crippen LogP contribution is 2.20. The van der Waals surface area contributed by atoms with E-state index in [2.05, 4.69) is 42.9 Å². The van der Waals surface area contributed by atoms with Gasteiger partial charge in [-0.3, -0.25) is 0 Å². The van der Waals surface area contributed by atoms with Gasteiger partial charge in [0.15, 0.2) is 5.82 Å². The molecule has 0 amide bonds. The molecule has 0 aliphatic carbocycles. The molecule has 1 aromatic carbocycles. The van der Waals surface area contributed by atoms with Crippen molar-refractivity contribution in [2.24, 2.45) is 0 Å². The van der Waals surface area contributed by atoms with Crippen molar-refractivity contribution in [2.75, 3.05) is 13.2 Å².